The molecule has 1 atom stereocenters. The first-order valence-electron chi connectivity index (χ1n) is 4.78. The third-order valence-corrected chi connectivity index (χ3v) is 2.46. The fourth-order valence-electron chi connectivity index (χ4n) is 1.61. The summed E-state index contributed by atoms with van der Waals surface area (Å²) in [5.41, 5.74) is 0. The van der Waals surface area contributed by atoms with Gasteiger partial charge in [0.25, 0.3) is 0 Å². The summed E-state index contributed by atoms with van der Waals surface area (Å²) >= 11 is 0. The number of hydrogen-bond acceptors (Lipinski definition) is 2. The lowest BCUT2D eigenvalue weighted by atomic mass is 10.2. The van der Waals surface area contributed by atoms with Crippen LogP contribution in [-0.4, -0.2) is 36.5 Å². The van der Waals surface area contributed by atoms with E-state index in [0.29, 0.717) is 12.5 Å². The van der Waals surface area contributed by atoms with Crippen molar-refractivity contribution in [3.05, 3.63) is 0 Å². The molecule has 3 heteroatoms. The van der Waals surface area contributed by atoms with Crippen molar-refractivity contribution in [3.63, 3.8) is 0 Å². The van der Waals surface area contributed by atoms with Gasteiger partial charge >= 0.3 is 0 Å². The predicted octanol–water partition coefficient (Wildman–Crippen LogP) is 0.607. The molecule has 0 aromatic heterocycles. The highest BCUT2D eigenvalue weighted by atomic mass is 16.1. The largest absolute Gasteiger partial charge is 0.352 e. The van der Waals surface area contributed by atoms with Gasteiger partial charge in [-0.15, -0.1) is 0 Å². The zero-order valence-electron chi connectivity index (χ0n) is 7.97. The summed E-state index contributed by atoms with van der Waals surface area (Å²) in [6, 6.07) is 0.400. The molecule has 1 fully saturated rings. The lowest BCUT2D eigenvalue weighted by Crippen LogP contribution is -2.38. The molecule has 1 aliphatic rings. The smallest absolute Gasteiger partial charge is 0.220 e. The second-order valence-electron chi connectivity index (χ2n) is 3.29. The van der Waals surface area contributed by atoms with E-state index in [0.717, 1.165) is 26.1 Å². The number of likely N-dealkylation sites (N-methyl/N-ethyl adjacent to an activating group) is 1. The molecule has 0 bridgehead atoms. The van der Waals surface area contributed by atoms with Crippen LogP contribution in [0.2, 0.25) is 0 Å². The molecular formula is C9H18N2O. The van der Waals surface area contributed by atoms with E-state index in [1.807, 2.05) is 0 Å². The zero-order chi connectivity index (χ0) is 8.97. The molecule has 0 spiro atoms. The first-order valence-corrected chi connectivity index (χ1v) is 4.78. The average molecular weight is 170 g/mol. The van der Waals surface area contributed by atoms with Crippen LogP contribution < -0.4 is 5.32 Å². The molecule has 1 aliphatic heterocycles. The third-order valence-electron chi connectivity index (χ3n) is 2.46. The minimum atomic E-state index is 0.215. The van der Waals surface area contributed by atoms with Gasteiger partial charge in [-0.2, -0.15) is 0 Å². The molecule has 12 heavy (non-hydrogen) atoms. The SMILES string of the molecule is CCN(CC)C[C@@H]1CCC(=O)N1. The number of nitrogens with zero attached hydrogens (tertiary/aromatic N) is 1. The van der Waals surface area contributed by atoms with Crippen LogP contribution in [0.4, 0.5) is 0 Å². The van der Waals surface area contributed by atoms with Gasteiger partial charge in [-0.25, -0.2) is 0 Å². The zero-order valence-corrected chi connectivity index (χ0v) is 7.97. The van der Waals surface area contributed by atoms with E-state index < -0.39 is 0 Å². The second-order valence-corrected chi connectivity index (χ2v) is 3.29. The van der Waals surface area contributed by atoms with Crippen LogP contribution in [-0.2, 0) is 4.79 Å². The maximum atomic E-state index is 10.9. The Morgan fingerprint density at radius 1 is 1.50 bits per heavy atom. The summed E-state index contributed by atoms with van der Waals surface area (Å²) in [5, 5.41) is 2.97. The number of carbonyl (C=O) groups is 1. The number of carbonyl (C=O) groups excluding carboxylic acids is 1. The van der Waals surface area contributed by atoms with Gasteiger partial charge in [-0.1, -0.05) is 13.8 Å². The Hall–Kier alpha value is -0.570. The molecule has 3 nitrogen and oxygen atoms in total. The first kappa shape index (κ1) is 9.52. The fraction of sp³-hybridized carbons (Fsp3) is 0.889. The maximum absolute atomic E-state index is 10.9. The molecule has 0 aromatic rings. The van der Waals surface area contributed by atoms with Crippen LogP contribution in [0.25, 0.3) is 0 Å². The minimum Gasteiger partial charge on any atom is -0.352 e. The van der Waals surface area contributed by atoms with Crippen molar-refractivity contribution in [1.29, 1.82) is 0 Å². The summed E-state index contributed by atoms with van der Waals surface area (Å²) in [6.07, 6.45) is 1.72. The van der Waals surface area contributed by atoms with E-state index in [4.69, 9.17) is 0 Å². The first-order chi connectivity index (χ1) is 5.76. The quantitative estimate of drug-likeness (QED) is 0.670. The molecule has 1 saturated heterocycles. The summed E-state index contributed by atoms with van der Waals surface area (Å²) in [7, 11) is 0. The van der Waals surface area contributed by atoms with Crippen molar-refractivity contribution in [1.82, 2.24) is 10.2 Å². The van der Waals surface area contributed by atoms with E-state index in [1.165, 1.54) is 0 Å². The highest BCUT2D eigenvalue weighted by Crippen LogP contribution is 2.07. The molecular weight excluding hydrogens is 152 g/mol. The van der Waals surface area contributed by atoms with E-state index in [1.54, 1.807) is 0 Å². The summed E-state index contributed by atoms with van der Waals surface area (Å²) in [5.74, 6) is 0.215. The van der Waals surface area contributed by atoms with Crippen LogP contribution in [0, 0.1) is 0 Å². The van der Waals surface area contributed by atoms with Crippen molar-refractivity contribution in [2.24, 2.45) is 0 Å². The van der Waals surface area contributed by atoms with Crippen LogP contribution in [0.3, 0.4) is 0 Å². The van der Waals surface area contributed by atoms with Crippen LogP contribution in [0.1, 0.15) is 26.7 Å². The van der Waals surface area contributed by atoms with Crippen molar-refractivity contribution in [2.75, 3.05) is 19.6 Å². The van der Waals surface area contributed by atoms with Gasteiger partial charge in [0, 0.05) is 19.0 Å². The van der Waals surface area contributed by atoms with Gasteiger partial charge < -0.3 is 10.2 Å². The molecule has 1 rings (SSSR count). The van der Waals surface area contributed by atoms with E-state index in [-0.39, 0.29) is 5.91 Å². The molecule has 1 amide bonds. The molecule has 0 aromatic carbocycles. The Labute approximate surface area is 74.1 Å². The van der Waals surface area contributed by atoms with Gasteiger partial charge in [0.15, 0.2) is 0 Å². The van der Waals surface area contributed by atoms with Crippen LogP contribution in [0.5, 0.6) is 0 Å². The van der Waals surface area contributed by atoms with E-state index in [9.17, 15) is 4.79 Å². The molecule has 1 N–H and O–H groups in total. The van der Waals surface area contributed by atoms with Gasteiger partial charge in [0.1, 0.15) is 0 Å². The summed E-state index contributed by atoms with van der Waals surface area (Å²) < 4.78 is 0. The Balaban J connectivity index is 2.26. The average Bonchev–Trinajstić information content (AvgIpc) is 2.47. The monoisotopic (exact) mass is 170 g/mol. The predicted molar refractivity (Wildman–Crippen MR) is 49.0 cm³/mol. The number of nitrogens with one attached hydrogen (secondary N) is 1. The topological polar surface area (TPSA) is 32.3 Å². The Bertz CT molecular complexity index is 155. The highest BCUT2D eigenvalue weighted by molar-refractivity contribution is 5.78. The third kappa shape index (κ3) is 2.48. The van der Waals surface area contributed by atoms with E-state index in [2.05, 4.69) is 24.1 Å². The van der Waals surface area contributed by atoms with Gasteiger partial charge in [0.2, 0.25) is 5.91 Å². The summed E-state index contributed by atoms with van der Waals surface area (Å²) in [4.78, 5) is 13.2. The number of hydrogen-bond donors (Lipinski definition) is 1. The Morgan fingerprint density at radius 2 is 2.17 bits per heavy atom. The standard InChI is InChI=1S/C9H18N2O/c1-3-11(4-2)7-8-5-6-9(12)10-8/h8H,3-7H2,1-2H3,(H,10,12)/t8-/m0/s1. The Morgan fingerprint density at radius 3 is 2.58 bits per heavy atom. The van der Waals surface area contributed by atoms with Crippen molar-refractivity contribution in [3.8, 4) is 0 Å². The van der Waals surface area contributed by atoms with Gasteiger partial charge in [-0.3, -0.25) is 4.79 Å². The second kappa shape index (κ2) is 4.45. The van der Waals surface area contributed by atoms with Crippen LogP contribution >= 0.6 is 0 Å². The highest BCUT2D eigenvalue weighted by Gasteiger charge is 2.21. The minimum absolute atomic E-state index is 0.215. The van der Waals surface area contributed by atoms with Crippen molar-refractivity contribution < 1.29 is 4.79 Å². The number of rotatable bonds is 4. The molecule has 0 radical (unpaired) electrons. The lowest BCUT2D eigenvalue weighted by molar-refractivity contribution is -0.119. The van der Waals surface area contributed by atoms with Gasteiger partial charge in [0.05, 0.1) is 0 Å². The van der Waals surface area contributed by atoms with Crippen LogP contribution in [0.15, 0.2) is 0 Å². The van der Waals surface area contributed by atoms with Gasteiger partial charge in [-0.05, 0) is 19.5 Å². The molecule has 1 heterocycles. The van der Waals surface area contributed by atoms with Crippen molar-refractivity contribution in [2.45, 2.75) is 32.7 Å². The molecule has 70 valence electrons. The van der Waals surface area contributed by atoms with Crippen molar-refractivity contribution >= 4 is 5.91 Å². The maximum Gasteiger partial charge on any atom is 0.220 e. The Kier molecular flexibility index (Phi) is 3.53. The fourth-order valence-corrected chi connectivity index (χ4v) is 1.61. The lowest BCUT2D eigenvalue weighted by Gasteiger charge is -2.21. The number of amides is 1. The molecule has 0 saturated carbocycles. The van der Waals surface area contributed by atoms with E-state index >= 15 is 0 Å². The molecule has 0 unspecified atom stereocenters. The summed E-state index contributed by atoms with van der Waals surface area (Å²) in [6.45, 7) is 7.46. The normalized spacial score (nSPS) is 23.2. The molecule has 0 aliphatic carbocycles.